The van der Waals surface area contributed by atoms with E-state index >= 15 is 0 Å². The standard InChI is InChI=1S/C12H14N2O4/c1-17-11-6-5-9(8-12(11)18-2)10(14(15)16)4-3-7-13/h5-6,8,10H,3-4H2,1-2H3. The molecule has 96 valence electrons. The predicted molar refractivity (Wildman–Crippen MR) is 64.1 cm³/mol. The number of methoxy groups -OCH3 is 2. The fourth-order valence-electron chi connectivity index (χ4n) is 1.66. The monoisotopic (exact) mass is 250 g/mol. The molecule has 0 spiro atoms. The summed E-state index contributed by atoms with van der Waals surface area (Å²) in [6.07, 6.45) is 0.318. The second kappa shape index (κ2) is 6.45. The number of nitro groups is 1. The SMILES string of the molecule is COc1ccc(C(CCC#N)[N+](=O)[O-])cc1OC. The molecule has 1 atom stereocenters. The number of ether oxygens (including phenoxy) is 2. The predicted octanol–water partition coefficient (Wildman–Crippen LogP) is 2.33. The molecule has 18 heavy (non-hydrogen) atoms. The lowest BCUT2D eigenvalue weighted by molar-refractivity contribution is -0.529. The lowest BCUT2D eigenvalue weighted by Crippen LogP contribution is -2.10. The van der Waals surface area contributed by atoms with Crippen molar-refractivity contribution in [1.29, 1.82) is 5.26 Å². The number of hydrogen-bond donors (Lipinski definition) is 0. The largest absolute Gasteiger partial charge is 0.493 e. The van der Waals surface area contributed by atoms with Crippen molar-refractivity contribution in [2.24, 2.45) is 0 Å². The van der Waals surface area contributed by atoms with Crippen LogP contribution in [0.2, 0.25) is 0 Å². The van der Waals surface area contributed by atoms with Gasteiger partial charge in [0.2, 0.25) is 6.04 Å². The van der Waals surface area contributed by atoms with Gasteiger partial charge in [-0.25, -0.2) is 0 Å². The Labute approximate surface area is 105 Å². The molecule has 0 saturated carbocycles. The van der Waals surface area contributed by atoms with Crippen LogP contribution >= 0.6 is 0 Å². The minimum Gasteiger partial charge on any atom is -0.493 e. The maximum absolute atomic E-state index is 11.0. The third-order valence-electron chi connectivity index (χ3n) is 2.58. The molecule has 0 heterocycles. The molecule has 0 bridgehead atoms. The number of nitrogens with zero attached hydrogens (tertiary/aromatic N) is 2. The maximum Gasteiger partial charge on any atom is 0.239 e. The highest BCUT2D eigenvalue weighted by atomic mass is 16.6. The second-order valence-electron chi connectivity index (χ2n) is 3.61. The molecule has 1 unspecified atom stereocenters. The van der Waals surface area contributed by atoms with Gasteiger partial charge in [0.1, 0.15) is 0 Å². The van der Waals surface area contributed by atoms with Crippen LogP contribution in [0.5, 0.6) is 11.5 Å². The highest BCUT2D eigenvalue weighted by Crippen LogP contribution is 2.32. The average Bonchev–Trinajstić information content (AvgIpc) is 2.38. The van der Waals surface area contributed by atoms with Gasteiger partial charge >= 0.3 is 0 Å². The number of nitriles is 1. The fourth-order valence-corrected chi connectivity index (χ4v) is 1.66. The van der Waals surface area contributed by atoms with E-state index in [2.05, 4.69) is 0 Å². The van der Waals surface area contributed by atoms with Gasteiger partial charge in [-0.05, 0) is 18.2 Å². The summed E-state index contributed by atoms with van der Waals surface area (Å²) < 4.78 is 10.2. The molecule has 0 aliphatic rings. The van der Waals surface area contributed by atoms with Crippen molar-refractivity contribution < 1.29 is 14.4 Å². The Hall–Kier alpha value is -2.29. The zero-order valence-corrected chi connectivity index (χ0v) is 10.3. The number of rotatable bonds is 6. The molecular weight excluding hydrogens is 236 g/mol. The highest BCUT2D eigenvalue weighted by Gasteiger charge is 2.23. The highest BCUT2D eigenvalue weighted by molar-refractivity contribution is 5.43. The zero-order valence-electron chi connectivity index (χ0n) is 10.3. The molecule has 0 saturated heterocycles. The summed E-state index contributed by atoms with van der Waals surface area (Å²) in [5.41, 5.74) is 0.507. The van der Waals surface area contributed by atoms with Gasteiger partial charge in [-0.15, -0.1) is 0 Å². The van der Waals surface area contributed by atoms with Crippen molar-refractivity contribution >= 4 is 0 Å². The van der Waals surface area contributed by atoms with E-state index in [-0.39, 0.29) is 12.8 Å². The van der Waals surface area contributed by atoms with E-state index < -0.39 is 11.0 Å². The molecule has 0 aromatic heterocycles. The third kappa shape index (κ3) is 3.10. The topological polar surface area (TPSA) is 85.4 Å². The first-order valence-electron chi connectivity index (χ1n) is 5.36. The molecule has 0 radical (unpaired) electrons. The molecule has 0 aliphatic heterocycles. The van der Waals surface area contributed by atoms with E-state index in [1.165, 1.54) is 14.2 Å². The normalized spacial score (nSPS) is 11.4. The molecule has 0 N–H and O–H groups in total. The van der Waals surface area contributed by atoms with Gasteiger partial charge in [-0.1, -0.05) is 0 Å². The Morgan fingerprint density at radius 3 is 2.56 bits per heavy atom. The lowest BCUT2D eigenvalue weighted by atomic mass is 10.0. The van der Waals surface area contributed by atoms with Gasteiger partial charge < -0.3 is 9.47 Å². The summed E-state index contributed by atoms with van der Waals surface area (Å²) in [4.78, 5) is 10.6. The van der Waals surface area contributed by atoms with Crippen LogP contribution in [0.1, 0.15) is 24.4 Å². The Morgan fingerprint density at radius 2 is 2.06 bits per heavy atom. The average molecular weight is 250 g/mol. The second-order valence-corrected chi connectivity index (χ2v) is 3.61. The van der Waals surface area contributed by atoms with Crippen molar-refractivity contribution in [2.75, 3.05) is 14.2 Å². The van der Waals surface area contributed by atoms with E-state index in [4.69, 9.17) is 14.7 Å². The van der Waals surface area contributed by atoms with Gasteiger partial charge in [0, 0.05) is 23.3 Å². The molecule has 0 amide bonds. The summed E-state index contributed by atoms with van der Waals surface area (Å²) in [7, 11) is 2.97. The Balaban J connectivity index is 3.05. The van der Waals surface area contributed by atoms with Crippen molar-refractivity contribution in [3.63, 3.8) is 0 Å². The summed E-state index contributed by atoms with van der Waals surface area (Å²) in [6.45, 7) is 0. The van der Waals surface area contributed by atoms with Crippen LogP contribution in [0.25, 0.3) is 0 Å². The molecule has 1 aromatic rings. The van der Waals surface area contributed by atoms with E-state index in [1.54, 1.807) is 18.2 Å². The van der Waals surface area contributed by atoms with E-state index in [0.29, 0.717) is 17.1 Å². The quantitative estimate of drug-likeness (QED) is 0.571. The Bertz CT molecular complexity index is 468. The molecule has 6 heteroatoms. The van der Waals surface area contributed by atoms with Crippen molar-refractivity contribution in [2.45, 2.75) is 18.9 Å². The van der Waals surface area contributed by atoms with Crippen molar-refractivity contribution in [3.05, 3.63) is 33.9 Å². The van der Waals surface area contributed by atoms with E-state index in [9.17, 15) is 10.1 Å². The number of benzene rings is 1. The smallest absolute Gasteiger partial charge is 0.239 e. The lowest BCUT2D eigenvalue weighted by Gasteiger charge is -2.12. The van der Waals surface area contributed by atoms with E-state index in [1.807, 2.05) is 6.07 Å². The van der Waals surface area contributed by atoms with Crippen molar-refractivity contribution in [1.82, 2.24) is 0 Å². The van der Waals surface area contributed by atoms with Crippen LogP contribution in [-0.2, 0) is 0 Å². The van der Waals surface area contributed by atoms with Crippen LogP contribution < -0.4 is 9.47 Å². The van der Waals surface area contributed by atoms with Crippen LogP contribution in [-0.4, -0.2) is 19.1 Å². The molecule has 1 aromatic carbocycles. The summed E-state index contributed by atoms with van der Waals surface area (Å²) >= 11 is 0. The van der Waals surface area contributed by atoms with Crippen molar-refractivity contribution in [3.8, 4) is 17.6 Å². The van der Waals surface area contributed by atoms with Gasteiger partial charge in [-0.2, -0.15) is 5.26 Å². The Morgan fingerprint density at radius 1 is 1.39 bits per heavy atom. The third-order valence-corrected chi connectivity index (χ3v) is 2.58. The molecule has 1 rings (SSSR count). The number of hydrogen-bond acceptors (Lipinski definition) is 5. The fraction of sp³-hybridized carbons (Fsp3) is 0.417. The summed E-state index contributed by atoms with van der Waals surface area (Å²) in [5, 5.41) is 19.5. The first-order chi connectivity index (χ1) is 8.63. The summed E-state index contributed by atoms with van der Waals surface area (Å²) in [6, 6.07) is 5.83. The van der Waals surface area contributed by atoms with Gasteiger partial charge in [0.25, 0.3) is 0 Å². The van der Waals surface area contributed by atoms with Crippen LogP contribution in [0.15, 0.2) is 18.2 Å². The van der Waals surface area contributed by atoms with Gasteiger partial charge in [0.15, 0.2) is 11.5 Å². The van der Waals surface area contributed by atoms with Gasteiger partial charge in [0.05, 0.1) is 20.3 Å². The zero-order chi connectivity index (χ0) is 13.5. The first kappa shape index (κ1) is 13.8. The molecule has 0 fully saturated rings. The molecular formula is C12H14N2O4. The van der Waals surface area contributed by atoms with E-state index in [0.717, 1.165) is 0 Å². The summed E-state index contributed by atoms with van der Waals surface area (Å²) in [5.74, 6) is 0.961. The minimum absolute atomic E-state index is 0.139. The maximum atomic E-state index is 11.0. The first-order valence-corrected chi connectivity index (χ1v) is 5.36. The van der Waals surface area contributed by atoms with Crippen LogP contribution in [0.4, 0.5) is 0 Å². The van der Waals surface area contributed by atoms with Gasteiger partial charge in [-0.3, -0.25) is 10.1 Å². The molecule has 6 nitrogen and oxygen atoms in total. The molecule has 0 aliphatic carbocycles. The van der Waals surface area contributed by atoms with Crippen LogP contribution in [0.3, 0.4) is 0 Å². The Kier molecular flexibility index (Phi) is 4.93. The van der Waals surface area contributed by atoms with Crippen LogP contribution in [0, 0.1) is 21.4 Å². The minimum atomic E-state index is -0.899.